The summed E-state index contributed by atoms with van der Waals surface area (Å²) in [5, 5.41) is 0. The van der Waals surface area contributed by atoms with Gasteiger partial charge in [-0.1, -0.05) is 0 Å². The van der Waals surface area contributed by atoms with Crippen LogP contribution < -0.4 is 0 Å². The minimum atomic E-state index is -0.859. The standard InChI is InChI=1S/C13H21FN2O/c1-9(2)15-5-3-13(8-15)4-6-16(13)12(17)10-7-11(10)14/h9-11H,3-8H2,1-2H3/t10-,11-,13?/m1/s1. The number of hydrogen-bond acceptors (Lipinski definition) is 2. The summed E-state index contributed by atoms with van der Waals surface area (Å²) in [5.41, 5.74) is 0.0592. The Morgan fingerprint density at radius 3 is 2.41 bits per heavy atom. The van der Waals surface area contributed by atoms with Crippen molar-refractivity contribution in [1.29, 1.82) is 0 Å². The molecule has 0 aromatic carbocycles. The van der Waals surface area contributed by atoms with Crippen molar-refractivity contribution in [1.82, 2.24) is 9.80 Å². The zero-order chi connectivity index (χ0) is 12.2. The molecule has 0 aromatic rings. The van der Waals surface area contributed by atoms with Crippen molar-refractivity contribution < 1.29 is 9.18 Å². The maximum atomic E-state index is 13.0. The van der Waals surface area contributed by atoms with Crippen LogP contribution in [0.25, 0.3) is 0 Å². The fraction of sp³-hybridized carbons (Fsp3) is 0.923. The number of hydrogen-bond donors (Lipinski definition) is 0. The van der Waals surface area contributed by atoms with Gasteiger partial charge in [0.05, 0.1) is 11.5 Å². The Labute approximate surface area is 102 Å². The van der Waals surface area contributed by atoms with E-state index in [2.05, 4.69) is 18.7 Å². The van der Waals surface area contributed by atoms with Gasteiger partial charge in [-0.25, -0.2) is 4.39 Å². The topological polar surface area (TPSA) is 23.6 Å². The average Bonchev–Trinajstić information content (AvgIpc) is 2.81. The highest BCUT2D eigenvalue weighted by atomic mass is 19.1. The number of amides is 1. The molecule has 3 rings (SSSR count). The van der Waals surface area contributed by atoms with E-state index < -0.39 is 6.17 Å². The minimum absolute atomic E-state index is 0.0592. The SMILES string of the molecule is CC(C)N1CCC2(CCN2C(=O)[C@@H]2C[C@H]2F)C1. The van der Waals surface area contributed by atoms with E-state index in [0.717, 1.165) is 32.5 Å². The fourth-order valence-electron chi connectivity index (χ4n) is 3.26. The molecule has 2 aliphatic heterocycles. The molecular weight excluding hydrogens is 219 g/mol. The summed E-state index contributed by atoms with van der Waals surface area (Å²) < 4.78 is 13.0. The van der Waals surface area contributed by atoms with Gasteiger partial charge in [-0.15, -0.1) is 0 Å². The smallest absolute Gasteiger partial charge is 0.229 e. The van der Waals surface area contributed by atoms with E-state index in [0.29, 0.717) is 12.5 Å². The molecule has 4 heteroatoms. The number of carbonyl (C=O) groups excluding carboxylic acids is 1. The Bertz CT molecular complexity index is 346. The van der Waals surface area contributed by atoms with Crippen LogP contribution in [0.4, 0.5) is 4.39 Å². The molecule has 1 unspecified atom stereocenters. The first-order valence-corrected chi connectivity index (χ1v) is 6.73. The van der Waals surface area contributed by atoms with E-state index in [9.17, 15) is 9.18 Å². The lowest BCUT2D eigenvalue weighted by Crippen LogP contribution is -2.64. The fourth-order valence-corrected chi connectivity index (χ4v) is 3.26. The van der Waals surface area contributed by atoms with Crippen molar-refractivity contribution in [3.8, 4) is 0 Å². The molecule has 3 fully saturated rings. The molecule has 17 heavy (non-hydrogen) atoms. The predicted octanol–water partition coefficient (Wildman–Crippen LogP) is 1.43. The Hall–Kier alpha value is -0.640. The van der Waals surface area contributed by atoms with Crippen molar-refractivity contribution in [2.24, 2.45) is 5.92 Å². The molecule has 0 aromatic heterocycles. The van der Waals surface area contributed by atoms with E-state index in [-0.39, 0.29) is 17.4 Å². The molecule has 3 atom stereocenters. The quantitative estimate of drug-likeness (QED) is 0.729. The Morgan fingerprint density at radius 2 is 2.00 bits per heavy atom. The number of likely N-dealkylation sites (tertiary alicyclic amines) is 2. The average molecular weight is 240 g/mol. The number of alkyl halides is 1. The number of nitrogens with zero attached hydrogens (tertiary/aromatic N) is 2. The maximum absolute atomic E-state index is 13.0. The van der Waals surface area contributed by atoms with Crippen molar-refractivity contribution in [3.63, 3.8) is 0 Å². The van der Waals surface area contributed by atoms with E-state index >= 15 is 0 Å². The van der Waals surface area contributed by atoms with Gasteiger partial charge in [-0.05, 0) is 33.1 Å². The second kappa shape index (κ2) is 3.67. The molecule has 0 N–H and O–H groups in total. The van der Waals surface area contributed by atoms with Crippen LogP contribution in [-0.2, 0) is 4.79 Å². The van der Waals surface area contributed by atoms with Crippen LogP contribution >= 0.6 is 0 Å². The van der Waals surface area contributed by atoms with Crippen LogP contribution in [-0.4, -0.2) is 53.1 Å². The van der Waals surface area contributed by atoms with Crippen LogP contribution in [0.1, 0.15) is 33.1 Å². The van der Waals surface area contributed by atoms with Gasteiger partial charge in [0, 0.05) is 25.7 Å². The molecule has 1 aliphatic carbocycles. The first-order valence-electron chi connectivity index (χ1n) is 6.73. The van der Waals surface area contributed by atoms with Crippen LogP contribution in [0.5, 0.6) is 0 Å². The molecule has 3 nitrogen and oxygen atoms in total. The molecule has 0 radical (unpaired) electrons. The highest BCUT2D eigenvalue weighted by Gasteiger charge is 2.56. The van der Waals surface area contributed by atoms with Gasteiger partial charge < -0.3 is 4.90 Å². The van der Waals surface area contributed by atoms with Crippen molar-refractivity contribution in [3.05, 3.63) is 0 Å². The van der Waals surface area contributed by atoms with Crippen LogP contribution in [0, 0.1) is 5.92 Å². The van der Waals surface area contributed by atoms with E-state index in [1.54, 1.807) is 0 Å². The lowest BCUT2D eigenvalue weighted by atomic mass is 9.83. The largest absolute Gasteiger partial charge is 0.335 e. The summed E-state index contributed by atoms with van der Waals surface area (Å²) in [6.07, 6.45) is 1.77. The molecule has 2 saturated heterocycles. The summed E-state index contributed by atoms with van der Waals surface area (Å²) in [5.74, 6) is -0.227. The summed E-state index contributed by atoms with van der Waals surface area (Å²) >= 11 is 0. The molecular formula is C13H21FN2O. The number of halogens is 1. The van der Waals surface area contributed by atoms with Crippen molar-refractivity contribution in [2.45, 2.75) is 50.9 Å². The molecule has 1 spiro atoms. The number of rotatable bonds is 2. The predicted molar refractivity (Wildman–Crippen MR) is 63.4 cm³/mol. The van der Waals surface area contributed by atoms with Gasteiger partial charge in [0.15, 0.2) is 0 Å². The Morgan fingerprint density at radius 1 is 1.35 bits per heavy atom. The lowest BCUT2D eigenvalue weighted by molar-refractivity contribution is -0.148. The first kappa shape index (κ1) is 11.5. The zero-order valence-electron chi connectivity index (χ0n) is 10.7. The third kappa shape index (κ3) is 1.68. The zero-order valence-corrected chi connectivity index (χ0v) is 10.7. The molecule has 1 saturated carbocycles. The van der Waals surface area contributed by atoms with Crippen molar-refractivity contribution in [2.75, 3.05) is 19.6 Å². The Kier molecular flexibility index (Phi) is 2.47. The van der Waals surface area contributed by atoms with Gasteiger partial charge >= 0.3 is 0 Å². The third-order valence-corrected chi connectivity index (χ3v) is 4.76. The van der Waals surface area contributed by atoms with Gasteiger partial charge in [-0.3, -0.25) is 9.69 Å². The normalized spacial score (nSPS) is 41.1. The van der Waals surface area contributed by atoms with E-state index in [1.807, 2.05) is 4.90 Å². The second-order valence-corrected chi connectivity index (χ2v) is 6.14. The summed E-state index contributed by atoms with van der Waals surface area (Å²) in [4.78, 5) is 16.5. The van der Waals surface area contributed by atoms with Gasteiger partial charge in [0.25, 0.3) is 0 Å². The first-order chi connectivity index (χ1) is 8.03. The third-order valence-electron chi connectivity index (χ3n) is 4.76. The van der Waals surface area contributed by atoms with Gasteiger partial charge in [0.2, 0.25) is 5.91 Å². The van der Waals surface area contributed by atoms with Crippen LogP contribution in [0.2, 0.25) is 0 Å². The Balaban J connectivity index is 1.67. The van der Waals surface area contributed by atoms with Gasteiger partial charge in [0.1, 0.15) is 6.17 Å². The second-order valence-electron chi connectivity index (χ2n) is 6.14. The molecule has 96 valence electrons. The van der Waals surface area contributed by atoms with E-state index in [4.69, 9.17) is 0 Å². The summed E-state index contributed by atoms with van der Waals surface area (Å²) in [6, 6.07) is 0.543. The van der Waals surface area contributed by atoms with E-state index in [1.165, 1.54) is 0 Å². The molecule has 0 bridgehead atoms. The van der Waals surface area contributed by atoms with Gasteiger partial charge in [-0.2, -0.15) is 0 Å². The minimum Gasteiger partial charge on any atom is -0.335 e. The molecule has 1 amide bonds. The highest BCUT2D eigenvalue weighted by Crippen LogP contribution is 2.44. The van der Waals surface area contributed by atoms with Crippen molar-refractivity contribution >= 4 is 5.91 Å². The van der Waals surface area contributed by atoms with Crippen LogP contribution in [0.15, 0.2) is 0 Å². The van der Waals surface area contributed by atoms with Crippen LogP contribution in [0.3, 0.4) is 0 Å². The summed E-state index contributed by atoms with van der Waals surface area (Å²) in [6.45, 7) is 7.30. The summed E-state index contributed by atoms with van der Waals surface area (Å²) in [7, 11) is 0. The molecule has 2 heterocycles. The monoisotopic (exact) mass is 240 g/mol. The number of carbonyl (C=O) groups is 1. The maximum Gasteiger partial charge on any atom is 0.229 e. The molecule has 3 aliphatic rings. The highest BCUT2D eigenvalue weighted by molar-refractivity contribution is 5.83. The lowest BCUT2D eigenvalue weighted by Gasteiger charge is -2.51.